The number of carbonyl (C=O) groups is 2. The van der Waals surface area contributed by atoms with Gasteiger partial charge in [-0.25, -0.2) is 4.98 Å². The maximum Gasteiger partial charge on any atom is 0.269 e. The van der Waals surface area contributed by atoms with E-state index in [0.29, 0.717) is 50.4 Å². The highest BCUT2D eigenvalue weighted by atomic mass is 35.5. The molecule has 0 saturated heterocycles. The molecule has 4 atom stereocenters. The molecule has 51 heavy (non-hydrogen) atoms. The number of hydrogen-bond acceptors (Lipinski definition) is 10. The lowest BCUT2D eigenvalue weighted by Crippen LogP contribution is -2.47. The SMILES string of the molecule is CCCCCCN(CCNC(=O)c1ccc(CNC[C@H](Cc2ccccc2C)Cc2nccnc2C(N)=O)cc1)C[C@H](O)[C@@H](O)[C@H](O)CO.Cl.Cl. The molecule has 0 aliphatic rings. The molecule has 0 saturated carbocycles. The largest absolute Gasteiger partial charge is 0.394 e. The van der Waals surface area contributed by atoms with Crippen LogP contribution in [0.2, 0.25) is 0 Å². The number of aromatic nitrogens is 2. The van der Waals surface area contributed by atoms with Crippen LogP contribution in [0.25, 0.3) is 0 Å². The number of nitrogens with one attached hydrogen (secondary N) is 2. The molecular formula is C37H56Cl2N6O6. The Bertz CT molecular complexity index is 1440. The molecule has 0 aliphatic heterocycles. The minimum atomic E-state index is -1.46. The second kappa shape index (κ2) is 24.9. The summed E-state index contributed by atoms with van der Waals surface area (Å²) >= 11 is 0. The van der Waals surface area contributed by atoms with Crippen molar-refractivity contribution < 1.29 is 30.0 Å². The number of nitrogens with zero attached hydrogens (tertiary/aromatic N) is 3. The summed E-state index contributed by atoms with van der Waals surface area (Å²) in [6.07, 6.45) is 4.38. The Morgan fingerprint density at radius 2 is 1.61 bits per heavy atom. The van der Waals surface area contributed by atoms with Crippen LogP contribution < -0.4 is 16.4 Å². The average Bonchev–Trinajstić information content (AvgIpc) is 3.10. The Hall–Kier alpha value is -3.20. The number of rotatable bonds is 23. The maximum atomic E-state index is 12.9. The molecular weight excluding hydrogens is 695 g/mol. The molecule has 14 heteroatoms. The molecule has 0 radical (unpaired) electrons. The predicted molar refractivity (Wildman–Crippen MR) is 203 cm³/mol. The zero-order chi connectivity index (χ0) is 35.6. The van der Waals surface area contributed by atoms with E-state index in [9.17, 15) is 24.9 Å². The summed E-state index contributed by atoms with van der Waals surface area (Å²) in [7, 11) is 0. The van der Waals surface area contributed by atoms with Crippen molar-refractivity contribution >= 4 is 36.6 Å². The van der Waals surface area contributed by atoms with E-state index in [4.69, 9.17) is 10.8 Å². The van der Waals surface area contributed by atoms with Gasteiger partial charge in [0.1, 0.15) is 17.9 Å². The van der Waals surface area contributed by atoms with Crippen LogP contribution in [0.1, 0.15) is 75.8 Å². The van der Waals surface area contributed by atoms with Gasteiger partial charge in [0.15, 0.2) is 0 Å². The number of primary amides is 1. The maximum absolute atomic E-state index is 12.9. The van der Waals surface area contributed by atoms with Gasteiger partial charge in [-0.1, -0.05) is 62.6 Å². The first-order valence-electron chi connectivity index (χ1n) is 17.2. The van der Waals surface area contributed by atoms with E-state index >= 15 is 0 Å². The zero-order valence-electron chi connectivity index (χ0n) is 29.6. The van der Waals surface area contributed by atoms with E-state index in [1.54, 1.807) is 18.3 Å². The molecule has 0 fully saturated rings. The van der Waals surface area contributed by atoms with Gasteiger partial charge in [-0.05, 0) is 74.0 Å². The lowest BCUT2D eigenvalue weighted by atomic mass is 9.91. The van der Waals surface area contributed by atoms with Gasteiger partial charge >= 0.3 is 0 Å². The van der Waals surface area contributed by atoms with Crippen LogP contribution in [0.5, 0.6) is 0 Å². The van der Waals surface area contributed by atoms with Crippen LogP contribution in [0.3, 0.4) is 0 Å². The van der Waals surface area contributed by atoms with Gasteiger partial charge in [0.05, 0.1) is 18.4 Å². The molecule has 0 bridgehead atoms. The van der Waals surface area contributed by atoms with Crippen LogP contribution in [0.4, 0.5) is 0 Å². The van der Waals surface area contributed by atoms with E-state index in [2.05, 4.69) is 46.6 Å². The second-order valence-electron chi connectivity index (χ2n) is 12.7. The van der Waals surface area contributed by atoms with E-state index in [1.165, 1.54) is 17.3 Å². The van der Waals surface area contributed by atoms with Crippen molar-refractivity contribution in [3.63, 3.8) is 0 Å². The highest BCUT2D eigenvalue weighted by Crippen LogP contribution is 2.18. The van der Waals surface area contributed by atoms with Crippen molar-refractivity contribution in [2.45, 2.75) is 77.2 Å². The number of hydrogen-bond donors (Lipinski definition) is 7. The molecule has 3 rings (SSSR count). The molecule has 284 valence electrons. The number of nitrogens with two attached hydrogens (primary N) is 1. The number of aliphatic hydroxyl groups is 4. The highest BCUT2D eigenvalue weighted by Gasteiger charge is 2.26. The molecule has 2 aromatic carbocycles. The first-order chi connectivity index (χ1) is 23.6. The third-order valence-corrected chi connectivity index (χ3v) is 8.70. The van der Waals surface area contributed by atoms with Crippen molar-refractivity contribution in [1.29, 1.82) is 0 Å². The molecule has 0 aliphatic carbocycles. The predicted octanol–water partition coefficient (Wildman–Crippen LogP) is 2.61. The van der Waals surface area contributed by atoms with E-state index in [-0.39, 0.29) is 48.9 Å². The average molecular weight is 752 g/mol. The summed E-state index contributed by atoms with van der Waals surface area (Å²) in [5.74, 6) is -0.686. The van der Waals surface area contributed by atoms with Crippen LogP contribution in [0.15, 0.2) is 60.9 Å². The fraction of sp³-hybridized carbons (Fsp3) is 0.514. The summed E-state index contributed by atoms with van der Waals surface area (Å²) in [6.45, 7) is 6.39. The van der Waals surface area contributed by atoms with Gasteiger partial charge in [-0.15, -0.1) is 24.8 Å². The summed E-state index contributed by atoms with van der Waals surface area (Å²) in [5.41, 5.74) is 10.3. The normalized spacial score (nSPS) is 13.4. The number of halogens is 2. The molecule has 2 amide bonds. The van der Waals surface area contributed by atoms with Crippen LogP contribution >= 0.6 is 24.8 Å². The van der Waals surface area contributed by atoms with Crippen LogP contribution in [-0.4, -0.2) is 105 Å². The topological polar surface area (TPSA) is 194 Å². The quantitative estimate of drug-likeness (QED) is 0.0709. The second-order valence-corrected chi connectivity index (χ2v) is 12.7. The van der Waals surface area contributed by atoms with Gasteiger partial charge in [-0.2, -0.15) is 0 Å². The fourth-order valence-electron chi connectivity index (χ4n) is 5.78. The fourth-order valence-corrected chi connectivity index (χ4v) is 5.78. The summed E-state index contributed by atoms with van der Waals surface area (Å²) in [5, 5.41) is 45.8. The number of amides is 2. The first-order valence-corrected chi connectivity index (χ1v) is 17.2. The smallest absolute Gasteiger partial charge is 0.269 e. The Morgan fingerprint density at radius 1 is 0.902 bits per heavy atom. The molecule has 1 heterocycles. The van der Waals surface area contributed by atoms with Crippen molar-refractivity contribution in [2.24, 2.45) is 11.7 Å². The highest BCUT2D eigenvalue weighted by molar-refractivity contribution is 5.94. The Kier molecular flexibility index (Phi) is 22.4. The number of unbranched alkanes of at least 4 members (excludes halogenated alkanes) is 3. The summed E-state index contributed by atoms with van der Waals surface area (Å²) in [6, 6.07) is 15.6. The van der Waals surface area contributed by atoms with Gasteiger partial charge in [0, 0.05) is 44.1 Å². The summed E-state index contributed by atoms with van der Waals surface area (Å²) < 4.78 is 0. The zero-order valence-corrected chi connectivity index (χ0v) is 31.2. The standard InChI is InChI=1S/C37H54N6O6.2ClH/c1-3-4-5-8-18-43(24-32(45)35(47)33(46)25-44)19-17-42-37(49)29-13-11-27(12-14-29)22-39-23-28(20-30-10-7-6-9-26(30)2)21-31-34(36(38)48)41-16-15-40-31;;/h6-7,9-16,28,32-33,35,39,44-47H,3-5,8,17-25H2,1-2H3,(H2,38,48)(H,42,49);2*1H/t28-,32+,33-,35-;;/m1../s1. The van der Waals surface area contributed by atoms with Crippen LogP contribution in [0, 0.1) is 12.8 Å². The van der Waals surface area contributed by atoms with E-state index in [0.717, 1.165) is 37.7 Å². The van der Waals surface area contributed by atoms with Gasteiger partial charge < -0.3 is 36.8 Å². The number of aliphatic hydroxyl groups excluding tert-OH is 4. The molecule has 0 unspecified atom stereocenters. The van der Waals surface area contributed by atoms with Crippen molar-refractivity contribution in [3.05, 3.63) is 94.6 Å². The van der Waals surface area contributed by atoms with Crippen molar-refractivity contribution in [1.82, 2.24) is 25.5 Å². The Morgan fingerprint density at radius 3 is 2.27 bits per heavy atom. The first kappa shape index (κ1) is 45.8. The van der Waals surface area contributed by atoms with Crippen molar-refractivity contribution in [2.75, 3.05) is 39.3 Å². The van der Waals surface area contributed by atoms with E-state index < -0.39 is 30.8 Å². The molecule has 8 N–H and O–H groups in total. The number of carbonyl (C=O) groups excluding carboxylic acids is 2. The number of aryl methyl sites for hydroxylation is 1. The molecule has 1 aromatic heterocycles. The molecule has 0 spiro atoms. The monoisotopic (exact) mass is 750 g/mol. The van der Waals surface area contributed by atoms with Crippen molar-refractivity contribution in [3.8, 4) is 0 Å². The Labute approximate surface area is 314 Å². The Balaban J connectivity index is 0.00000650. The van der Waals surface area contributed by atoms with Gasteiger partial charge in [0.25, 0.3) is 11.8 Å². The third kappa shape index (κ3) is 15.9. The minimum Gasteiger partial charge on any atom is -0.394 e. The van der Waals surface area contributed by atoms with Crippen LogP contribution in [-0.2, 0) is 19.4 Å². The lowest BCUT2D eigenvalue weighted by Gasteiger charge is -2.29. The van der Waals surface area contributed by atoms with Gasteiger partial charge in [0.2, 0.25) is 0 Å². The van der Waals surface area contributed by atoms with Gasteiger partial charge in [-0.3, -0.25) is 19.5 Å². The minimum absolute atomic E-state index is 0. The third-order valence-electron chi connectivity index (χ3n) is 8.70. The number of benzene rings is 2. The lowest BCUT2D eigenvalue weighted by molar-refractivity contribution is -0.0840. The molecule has 12 nitrogen and oxygen atoms in total. The summed E-state index contributed by atoms with van der Waals surface area (Å²) in [4.78, 5) is 35.4. The molecule has 3 aromatic rings. The van der Waals surface area contributed by atoms with E-state index in [1.807, 2.05) is 29.2 Å².